The van der Waals surface area contributed by atoms with Gasteiger partial charge in [0.15, 0.2) is 0 Å². The van der Waals surface area contributed by atoms with Crippen molar-refractivity contribution in [1.29, 1.82) is 0 Å². The molecule has 0 unspecified atom stereocenters. The van der Waals surface area contributed by atoms with Crippen LogP contribution in [0, 0.1) is 0 Å². The Morgan fingerprint density at radius 3 is 2.40 bits per heavy atom. The van der Waals surface area contributed by atoms with E-state index in [1.54, 1.807) is 55.6 Å². The maximum atomic E-state index is 13.0. The first-order chi connectivity index (χ1) is 12.1. The predicted molar refractivity (Wildman–Crippen MR) is 102 cm³/mol. The van der Waals surface area contributed by atoms with Crippen molar-refractivity contribution in [3.8, 4) is 5.75 Å². The molecule has 0 aliphatic carbocycles. The molecule has 1 aliphatic rings. The van der Waals surface area contributed by atoms with Crippen LogP contribution < -0.4 is 9.64 Å². The van der Waals surface area contributed by atoms with E-state index in [9.17, 15) is 9.59 Å². The third kappa shape index (κ3) is 3.30. The number of carbonyl (C=O) groups excluding carboxylic acids is 2. The molecule has 0 saturated carbocycles. The lowest BCUT2D eigenvalue weighted by Crippen LogP contribution is -2.31. The van der Waals surface area contributed by atoms with Crippen LogP contribution in [-0.4, -0.2) is 24.7 Å². The fourth-order valence-electron chi connectivity index (χ4n) is 2.65. The standard InChI is InChI=1S/C19H16ClNO3S/c1-3-25-17-16(12-7-9-15(24-2)10-8-12)18(22)21(19(17)23)14-6-4-5-13(20)11-14/h4-11H,3H2,1-2H3. The van der Waals surface area contributed by atoms with Gasteiger partial charge in [0.25, 0.3) is 11.8 Å². The van der Waals surface area contributed by atoms with Gasteiger partial charge >= 0.3 is 0 Å². The molecule has 1 aliphatic heterocycles. The minimum atomic E-state index is -0.339. The molecule has 0 atom stereocenters. The molecule has 0 bridgehead atoms. The lowest BCUT2D eigenvalue weighted by molar-refractivity contribution is -0.119. The van der Waals surface area contributed by atoms with Crippen molar-refractivity contribution in [2.45, 2.75) is 6.92 Å². The van der Waals surface area contributed by atoms with Crippen LogP contribution in [-0.2, 0) is 9.59 Å². The largest absolute Gasteiger partial charge is 0.497 e. The summed E-state index contributed by atoms with van der Waals surface area (Å²) in [7, 11) is 1.58. The lowest BCUT2D eigenvalue weighted by atomic mass is 10.1. The maximum Gasteiger partial charge on any atom is 0.272 e. The molecule has 0 saturated heterocycles. The second kappa shape index (κ2) is 7.33. The van der Waals surface area contributed by atoms with E-state index in [0.29, 0.717) is 38.3 Å². The first-order valence-electron chi connectivity index (χ1n) is 7.72. The number of anilines is 1. The van der Waals surface area contributed by atoms with E-state index >= 15 is 0 Å². The Labute approximate surface area is 155 Å². The van der Waals surface area contributed by atoms with Crippen molar-refractivity contribution < 1.29 is 14.3 Å². The number of nitrogens with zero attached hydrogens (tertiary/aromatic N) is 1. The number of rotatable bonds is 5. The van der Waals surface area contributed by atoms with Crippen molar-refractivity contribution in [2.24, 2.45) is 0 Å². The van der Waals surface area contributed by atoms with Gasteiger partial charge in [0.1, 0.15) is 5.75 Å². The highest BCUT2D eigenvalue weighted by Gasteiger charge is 2.40. The Bertz CT molecular complexity index is 861. The summed E-state index contributed by atoms with van der Waals surface area (Å²) in [5.74, 6) is 0.730. The summed E-state index contributed by atoms with van der Waals surface area (Å²) in [4.78, 5) is 27.6. The van der Waals surface area contributed by atoms with E-state index in [1.807, 2.05) is 6.92 Å². The van der Waals surface area contributed by atoms with Gasteiger partial charge in [-0.2, -0.15) is 0 Å². The highest BCUT2D eigenvalue weighted by Crippen LogP contribution is 2.39. The van der Waals surface area contributed by atoms with Gasteiger partial charge in [-0.15, -0.1) is 11.8 Å². The summed E-state index contributed by atoms with van der Waals surface area (Å²) in [5, 5.41) is 0.473. The number of hydrogen-bond acceptors (Lipinski definition) is 4. The van der Waals surface area contributed by atoms with Gasteiger partial charge in [0.05, 0.1) is 23.3 Å². The Morgan fingerprint density at radius 1 is 1.08 bits per heavy atom. The lowest BCUT2D eigenvalue weighted by Gasteiger charge is -2.15. The summed E-state index contributed by atoms with van der Waals surface area (Å²) in [5.41, 5.74) is 1.58. The summed E-state index contributed by atoms with van der Waals surface area (Å²) < 4.78 is 5.16. The van der Waals surface area contributed by atoms with Crippen LogP contribution in [0.25, 0.3) is 5.57 Å². The molecule has 4 nitrogen and oxygen atoms in total. The van der Waals surface area contributed by atoms with Crippen LogP contribution in [0.15, 0.2) is 53.4 Å². The van der Waals surface area contributed by atoms with Crippen molar-refractivity contribution >= 4 is 46.4 Å². The van der Waals surface area contributed by atoms with Gasteiger partial charge < -0.3 is 4.74 Å². The topological polar surface area (TPSA) is 46.6 Å². The molecule has 6 heteroatoms. The number of hydrogen-bond donors (Lipinski definition) is 0. The number of amides is 2. The quantitative estimate of drug-likeness (QED) is 0.729. The van der Waals surface area contributed by atoms with Crippen LogP contribution in [0.2, 0.25) is 5.02 Å². The smallest absolute Gasteiger partial charge is 0.272 e. The number of benzene rings is 2. The van der Waals surface area contributed by atoms with Crippen LogP contribution >= 0.6 is 23.4 Å². The molecular weight excluding hydrogens is 358 g/mol. The average molecular weight is 374 g/mol. The number of halogens is 1. The molecule has 128 valence electrons. The van der Waals surface area contributed by atoms with Gasteiger partial charge in [-0.3, -0.25) is 9.59 Å². The first kappa shape index (κ1) is 17.6. The van der Waals surface area contributed by atoms with E-state index in [0.717, 1.165) is 0 Å². The van der Waals surface area contributed by atoms with Crippen molar-refractivity contribution in [3.63, 3.8) is 0 Å². The molecule has 0 N–H and O–H groups in total. The molecule has 0 aromatic heterocycles. The normalized spacial score (nSPS) is 14.4. The average Bonchev–Trinajstić information content (AvgIpc) is 2.86. The van der Waals surface area contributed by atoms with Gasteiger partial charge in [0, 0.05) is 5.02 Å². The van der Waals surface area contributed by atoms with Gasteiger partial charge in [-0.25, -0.2) is 4.90 Å². The van der Waals surface area contributed by atoms with Crippen molar-refractivity contribution in [2.75, 3.05) is 17.8 Å². The van der Waals surface area contributed by atoms with E-state index in [-0.39, 0.29) is 11.8 Å². The second-order valence-electron chi connectivity index (χ2n) is 5.29. The zero-order chi connectivity index (χ0) is 18.0. The SMILES string of the molecule is CCSC1=C(c2ccc(OC)cc2)C(=O)N(c2cccc(Cl)c2)C1=O. The highest BCUT2D eigenvalue weighted by atomic mass is 35.5. The molecule has 25 heavy (non-hydrogen) atoms. The second-order valence-corrected chi connectivity index (χ2v) is 7.00. The van der Waals surface area contributed by atoms with Crippen molar-refractivity contribution in [3.05, 3.63) is 64.0 Å². The van der Waals surface area contributed by atoms with Crippen LogP contribution in [0.4, 0.5) is 5.69 Å². The first-order valence-corrected chi connectivity index (χ1v) is 9.09. The predicted octanol–water partition coefficient (Wildman–Crippen LogP) is 4.39. The monoisotopic (exact) mass is 373 g/mol. The van der Waals surface area contributed by atoms with Crippen LogP contribution in [0.5, 0.6) is 5.75 Å². The number of thioether (sulfide) groups is 1. The van der Waals surface area contributed by atoms with E-state index < -0.39 is 0 Å². The fraction of sp³-hybridized carbons (Fsp3) is 0.158. The minimum absolute atomic E-state index is 0.315. The Balaban J connectivity index is 2.07. The zero-order valence-corrected chi connectivity index (χ0v) is 15.4. The van der Waals surface area contributed by atoms with Gasteiger partial charge in [-0.1, -0.05) is 36.7 Å². The van der Waals surface area contributed by atoms with Crippen LogP contribution in [0.3, 0.4) is 0 Å². The maximum absolute atomic E-state index is 13.0. The summed E-state index contributed by atoms with van der Waals surface area (Å²) in [6, 6.07) is 13.9. The van der Waals surface area contributed by atoms with E-state index in [1.165, 1.54) is 16.7 Å². The van der Waals surface area contributed by atoms with E-state index in [4.69, 9.17) is 16.3 Å². The van der Waals surface area contributed by atoms with Gasteiger partial charge in [-0.05, 0) is 41.6 Å². The molecule has 2 aromatic carbocycles. The summed E-state index contributed by atoms with van der Waals surface area (Å²) >= 11 is 7.39. The highest BCUT2D eigenvalue weighted by molar-refractivity contribution is 8.04. The molecule has 0 radical (unpaired) electrons. The minimum Gasteiger partial charge on any atom is -0.497 e. The molecule has 0 fully saturated rings. The number of ether oxygens (including phenoxy) is 1. The van der Waals surface area contributed by atoms with E-state index in [2.05, 4.69) is 0 Å². The Kier molecular flexibility index (Phi) is 5.16. The third-order valence-corrected chi connectivity index (χ3v) is 4.97. The molecule has 3 rings (SSSR count). The zero-order valence-electron chi connectivity index (χ0n) is 13.8. The number of imide groups is 1. The summed E-state index contributed by atoms with van der Waals surface area (Å²) in [6.07, 6.45) is 0. The number of methoxy groups -OCH3 is 1. The summed E-state index contributed by atoms with van der Waals surface area (Å²) in [6.45, 7) is 1.95. The molecule has 2 aromatic rings. The Hall–Kier alpha value is -2.24. The van der Waals surface area contributed by atoms with Crippen molar-refractivity contribution in [1.82, 2.24) is 0 Å². The fourth-order valence-corrected chi connectivity index (χ4v) is 3.69. The number of carbonyl (C=O) groups is 2. The molecule has 1 heterocycles. The molecular formula is C19H16ClNO3S. The third-order valence-electron chi connectivity index (χ3n) is 3.78. The molecule has 2 amide bonds. The molecule has 0 spiro atoms. The Morgan fingerprint density at radius 2 is 1.80 bits per heavy atom. The van der Waals surface area contributed by atoms with Gasteiger partial charge in [0.2, 0.25) is 0 Å². The van der Waals surface area contributed by atoms with Crippen LogP contribution in [0.1, 0.15) is 12.5 Å².